The molecule has 0 spiro atoms. The highest BCUT2D eigenvalue weighted by molar-refractivity contribution is 7.13. The van der Waals surface area contributed by atoms with Crippen molar-refractivity contribution in [3.8, 4) is 0 Å². The summed E-state index contributed by atoms with van der Waals surface area (Å²) in [6.07, 6.45) is 3.34. The molecule has 2 N–H and O–H groups in total. The highest BCUT2D eigenvalue weighted by atomic mass is 32.1. The Bertz CT molecular complexity index is 798. The van der Waals surface area contributed by atoms with Crippen molar-refractivity contribution in [3.63, 3.8) is 0 Å². The van der Waals surface area contributed by atoms with Crippen LogP contribution >= 0.6 is 11.3 Å². The molecule has 0 amide bonds. The molecule has 1 aliphatic rings. The van der Waals surface area contributed by atoms with Gasteiger partial charge in [-0.3, -0.25) is 4.99 Å². The largest absolute Gasteiger partial charge is 0.357 e. The van der Waals surface area contributed by atoms with Crippen LogP contribution in [0.25, 0.3) is 0 Å². The predicted molar refractivity (Wildman–Crippen MR) is 116 cm³/mol. The summed E-state index contributed by atoms with van der Waals surface area (Å²) in [4.78, 5) is 11.8. The predicted octanol–water partition coefficient (Wildman–Crippen LogP) is 4.05. The van der Waals surface area contributed by atoms with Crippen molar-refractivity contribution in [2.24, 2.45) is 4.99 Å². The minimum absolute atomic E-state index is 0.0334. The Morgan fingerprint density at radius 2 is 2.14 bits per heavy atom. The molecule has 152 valence electrons. The summed E-state index contributed by atoms with van der Waals surface area (Å²) >= 11 is 1.73. The van der Waals surface area contributed by atoms with E-state index in [-0.39, 0.29) is 11.9 Å². The minimum atomic E-state index is -0.176. The Balaban J connectivity index is 1.56. The van der Waals surface area contributed by atoms with Crippen LogP contribution in [0.5, 0.6) is 0 Å². The fraction of sp³-hybridized carbons (Fsp3) is 0.524. The number of hydrogen-bond acceptors (Lipinski definition) is 4. The molecular formula is C21H30FN5S. The minimum Gasteiger partial charge on any atom is -0.357 e. The fourth-order valence-corrected chi connectivity index (χ4v) is 4.15. The van der Waals surface area contributed by atoms with E-state index in [2.05, 4.69) is 25.9 Å². The average molecular weight is 404 g/mol. The maximum absolute atomic E-state index is 13.8. The molecule has 1 unspecified atom stereocenters. The molecule has 1 aromatic carbocycles. The van der Waals surface area contributed by atoms with E-state index in [1.165, 1.54) is 12.8 Å². The standard InChI is InChI=1S/C21H30FN5S/c1-4-23-20(25-16(3)17-8-7-15(2)19(22)13-17)24-10-9-18-14-28-21(26-18)27-11-5-6-12-27/h7-8,13-14,16H,4-6,9-12H2,1-3H3,(H2,23,24,25). The average Bonchev–Trinajstić information content (AvgIpc) is 3.35. The van der Waals surface area contributed by atoms with Crippen LogP contribution in [0.3, 0.4) is 0 Å². The molecule has 2 heterocycles. The SMILES string of the molecule is CCNC(=NCCc1csc(N2CCCC2)n1)NC(C)c1ccc(C)c(F)c1. The highest BCUT2D eigenvalue weighted by Gasteiger charge is 2.15. The zero-order chi connectivity index (χ0) is 19.9. The zero-order valence-electron chi connectivity index (χ0n) is 17.0. The summed E-state index contributed by atoms with van der Waals surface area (Å²) in [7, 11) is 0. The highest BCUT2D eigenvalue weighted by Crippen LogP contribution is 2.24. The Labute approximate surface area is 171 Å². The van der Waals surface area contributed by atoms with Crippen molar-refractivity contribution in [1.82, 2.24) is 15.6 Å². The number of anilines is 1. The van der Waals surface area contributed by atoms with Crippen LogP contribution in [-0.4, -0.2) is 37.1 Å². The number of halogens is 1. The van der Waals surface area contributed by atoms with Gasteiger partial charge in [0.15, 0.2) is 11.1 Å². The number of aryl methyl sites for hydroxylation is 1. The molecule has 0 bridgehead atoms. The van der Waals surface area contributed by atoms with Gasteiger partial charge in [-0.15, -0.1) is 11.3 Å². The van der Waals surface area contributed by atoms with E-state index in [9.17, 15) is 4.39 Å². The van der Waals surface area contributed by atoms with Gasteiger partial charge < -0.3 is 15.5 Å². The molecule has 0 radical (unpaired) electrons. The first-order valence-corrected chi connectivity index (χ1v) is 10.9. The van der Waals surface area contributed by atoms with Gasteiger partial charge in [0.1, 0.15) is 5.82 Å². The number of nitrogens with zero attached hydrogens (tertiary/aromatic N) is 3. The Morgan fingerprint density at radius 1 is 1.36 bits per heavy atom. The number of guanidine groups is 1. The maximum Gasteiger partial charge on any atom is 0.191 e. The third kappa shape index (κ3) is 5.44. The van der Waals surface area contributed by atoms with E-state index in [0.29, 0.717) is 12.1 Å². The van der Waals surface area contributed by atoms with Crippen molar-refractivity contribution >= 4 is 22.4 Å². The summed E-state index contributed by atoms with van der Waals surface area (Å²) in [6, 6.07) is 5.32. The summed E-state index contributed by atoms with van der Waals surface area (Å²) < 4.78 is 13.8. The lowest BCUT2D eigenvalue weighted by molar-refractivity contribution is 0.607. The molecule has 5 nitrogen and oxygen atoms in total. The normalized spacial score (nSPS) is 15.7. The first-order valence-electron chi connectivity index (χ1n) is 10.1. The lowest BCUT2D eigenvalue weighted by Gasteiger charge is -2.18. The molecule has 0 aliphatic carbocycles. The van der Waals surface area contributed by atoms with Crippen molar-refractivity contribution in [3.05, 3.63) is 46.2 Å². The summed E-state index contributed by atoms with van der Waals surface area (Å²) in [6.45, 7) is 9.50. The number of aromatic nitrogens is 1. The number of hydrogen-bond donors (Lipinski definition) is 2. The molecule has 1 saturated heterocycles. The lowest BCUT2D eigenvalue weighted by atomic mass is 10.1. The van der Waals surface area contributed by atoms with Crippen molar-refractivity contribution in [2.45, 2.75) is 46.1 Å². The second kappa shape index (κ2) is 9.87. The summed E-state index contributed by atoms with van der Waals surface area (Å²) in [5.74, 6) is 0.566. The van der Waals surface area contributed by atoms with Crippen LogP contribution in [0.1, 0.15) is 49.6 Å². The third-order valence-electron chi connectivity index (χ3n) is 4.95. The molecule has 1 fully saturated rings. The van der Waals surface area contributed by atoms with Crippen LogP contribution in [0.2, 0.25) is 0 Å². The Kier molecular flexibility index (Phi) is 7.25. The van der Waals surface area contributed by atoms with Gasteiger partial charge in [0.2, 0.25) is 0 Å². The summed E-state index contributed by atoms with van der Waals surface area (Å²) in [5, 5.41) is 9.90. The second-order valence-corrected chi connectivity index (χ2v) is 8.04. The smallest absolute Gasteiger partial charge is 0.191 e. The number of nitrogens with one attached hydrogen (secondary N) is 2. The molecule has 1 atom stereocenters. The van der Waals surface area contributed by atoms with E-state index in [1.807, 2.05) is 26.0 Å². The second-order valence-electron chi connectivity index (χ2n) is 7.20. The van der Waals surface area contributed by atoms with Gasteiger partial charge in [0.25, 0.3) is 0 Å². The van der Waals surface area contributed by atoms with Crippen molar-refractivity contribution in [2.75, 3.05) is 31.1 Å². The third-order valence-corrected chi connectivity index (χ3v) is 5.90. The monoisotopic (exact) mass is 403 g/mol. The van der Waals surface area contributed by atoms with Crippen molar-refractivity contribution < 1.29 is 4.39 Å². The van der Waals surface area contributed by atoms with E-state index in [0.717, 1.165) is 48.4 Å². The van der Waals surface area contributed by atoms with Gasteiger partial charge in [-0.05, 0) is 50.8 Å². The number of thiazole rings is 1. The number of rotatable bonds is 7. The molecule has 2 aromatic rings. The fourth-order valence-electron chi connectivity index (χ4n) is 3.23. The molecule has 3 rings (SSSR count). The molecule has 1 aromatic heterocycles. The summed E-state index contributed by atoms with van der Waals surface area (Å²) in [5.41, 5.74) is 2.66. The molecule has 1 aliphatic heterocycles. The van der Waals surface area contributed by atoms with Gasteiger partial charge in [-0.2, -0.15) is 0 Å². The first-order chi connectivity index (χ1) is 13.6. The van der Waals surface area contributed by atoms with Crippen LogP contribution in [-0.2, 0) is 6.42 Å². The topological polar surface area (TPSA) is 52.6 Å². The van der Waals surface area contributed by atoms with Crippen LogP contribution in [0, 0.1) is 12.7 Å². The van der Waals surface area contributed by atoms with E-state index < -0.39 is 0 Å². The van der Waals surface area contributed by atoms with Crippen LogP contribution in [0.15, 0.2) is 28.6 Å². The zero-order valence-corrected chi connectivity index (χ0v) is 17.8. The van der Waals surface area contributed by atoms with Gasteiger partial charge >= 0.3 is 0 Å². The van der Waals surface area contributed by atoms with Crippen LogP contribution < -0.4 is 15.5 Å². The number of benzene rings is 1. The molecule has 28 heavy (non-hydrogen) atoms. The molecule has 0 saturated carbocycles. The number of aliphatic imine (C=N–C) groups is 1. The Morgan fingerprint density at radius 3 is 2.86 bits per heavy atom. The van der Waals surface area contributed by atoms with Gasteiger partial charge in [-0.1, -0.05) is 12.1 Å². The Hall–Kier alpha value is -2.15. The lowest BCUT2D eigenvalue weighted by Crippen LogP contribution is -2.39. The quantitative estimate of drug-likeness (QED) is 0.541. The van der Waals surface area contributed by atoms with E-state index in [1.54, 1.807) is 24.3 Å². The van der Waals surface area contributed by atoms with Gasteiger partial charge in [-0.25, -0.2) is 9.37 Å². The molecular weight excluding hydrogens is 373 g/mol. The van der Waals surface area contributed by atoms with Gasteiger partial charge in [0, 0.05) is 38.0 Å². The van der Waals surface area contributed by atoms with E-state index in [4.69, 9.17) is 4.98 Å². The van der Waals surface area contributed by atoms with Crippen LogP contribution in [0.4, 0.5) is 9.52 Å². The maximum atomic E-state index is 13.8. The van der Waals surface area contributed by atoms with E-state index >= 15 is 0 Å². The molecule has 7 heteroatoms. The van der Waals surface area contributed by atoms with Crippen molar-refractivity contribution in [1.29, 1.82) is 0 Å². The van der Waals surface area contributed by atoms with Gasteiger partial charge in [0.05, 0.1) is 11.7 Å². The first kappa shape index (κ1) is 20.6.